The fourth-order valence-corrected chi connectivity index (χ4v) is 2.27. The average Bonchev–Trinajstić information content (AvgIpc) is 2.35. The molecule has 0 aromatic carbocycles. The number of nitrogens with zero attached hydrogens (tertiary/aromatic N) is 1. The smallest absolute Gasteiger partial charge is 0.273 e. The molecule has 4 nitrogen and oxygen atoms in total. The first kappa shape index (κ1) is 13.1. The van der Waals surface area contributed by atoms with Crippen LogP contribution in [0.1, 0.15) is 33.1 Å². The third kappa shape index (κ3) is 3.35. The molecule has 4 heteroatoms. The minimum atomic E-state index is 0.0420. The Morgan fingerprint density at radius 2 is 2.33 bits per heavy atom. The van der Waals surface area contributed by atoms with Gasteiger partial charge in [0.2, 0.25) is 0 Å². The van der Waals surface area contributed by atoms with Crippen molar-refractivity contribution in [3.8, 4) is 0 Å². The predicted molar refractivity (Wildman–Crippen MR) is 73.1 cm³/mol. The lowest BCUT2D eigenvalue weighted by Crippen LogP contribution is -2.32. The zero-order chi connectivity index (χ0) is 13.0. The van der Waals surface area contributed by atoms with Crippen LogP contribution in [0.4, 0.5) is 5.69 Å². The van der Waals surface area contributed by atoms with Crippen molar-refractivity contribution < 1.29 is 4.74 Å². The van der Waals surface area contributed by atoms with Crippen LogP contribution in [0.15, 0.2) is 23.1 Å². The molecule has 1 aromatic rings. The van der Waals surface area contributed by atoms with E-state index in [0.717, 1.165) is 19.4 Å². The van der Waals surface area contributed by atoms with Crippen molar-refractivity contribution in [1.29, 1.82) is 0 Å². The second-order valence-electron chi connectivity index (χ2n) is 5.17. The van der Waals surface area contributed by atoms with Crippen molar-refractivity contribution in [1.82, 2.24) is 4.57 Å². The minimum absolute atomic E-state index is 0.0420. The molecule has 1 aromatic heterocycles. The van der Waals surface area contributed by atoms with Crippen LogP contribution in [-0.2, 0) is 11.3 Å². The van der Waals surface area contributed by atoms with Crippen LogP contribution in [0.2, 0.25) is 0 Å². The van der Waals surface area contributed by atoms with Crippen LogP contribution in [0.25, 0.3) is 0 Å². The van der Waals surface area contributed by atoms with Crippen LogP contribution in [0, 0.1) is 0 Å². The van der Waals surface area contributed by atoms with Gasteiger partial charge in [0.25, 0.3) is 5.56 Å². The fourth-order valence-electron chi connectivity index (χ4n) is 2.27. The van der Waals surface area contributed by atoms with Crippen LogP contribution in [-0.4, -0.2) is 23.3 Å². The number of pyridine rings is 1. The summed E-state index contributed by atoms with van der Waals surface area (Å²) in [5.41, 5.74) is 0.712. The highest BCUT2D eigenvalue weighted by Crippen LogP contribution is 2.14. The van der Waals surface area contributed by atoms with E-state index in [1.165, 1.54) is 6.42 Å². The SMILES string of the molecule is CC(C)Nc1cccn(C[C@H]2CCCCO2)c1=O. The van der Waals surface area contributed by atoms with E-state index in [4.69, 9.17) is 4.74 Å². The van der Waals surface area contributed by atoms with Gasteiger partial charge in [0.05, 0.1) is 12.6 Å². The molecule has 1 N–H and O–H groups in total. The average molecular weight is 250 g/mol. The Hall–Kier alpha value is -1.29. The Bertz CT molecular complexity index is 434. The third-order valence-electron chi connectivity index (χ3n) is 3.14. The van der Waals surface area contributed by atoms with Gasteiger partial charge in [0.15, 0.2) is 0 Å². The predicted octanol–water partition coefficient (Wildman–Crippen LogP) is 2.24. The molecule has 0 spiro atoms. The molecule has 18 heavy (non-hydrogen) atoms. The first-order valence-corrected chi connectivity index (χ1v) is 6.74. The van der Waals surface area contributed by atoms with Crippen molar-refractivity contribution in [2.24, 2.45) is 0 Å². The summed E-state index contributed by atoms with van der Waals surface area (Å²) >= 11 is 0. The zero-order valence-electron chi connectivity index (χ0n) is 11.2. The molecular formula is C14H22N2O2. The normalized spacial score (nSPS) is 20.1. The van der Waals surface area contributed by atoms with E-state index in [1.54, 1.807) is 4.57 Å². The summed E-state index contributed by atoms with van der Waals surface area (Å²) < 4.78 is 7.43. The van der Waals surface area contributed by atoms with Crippen LogP contribution in [0.3, 0.4) is 0 Å². The summed E-state index contributed by atoms with van der Waals surface area (Å²) in [6.07, 6.45) is 5.41. The molecule has 0 amide bonds. The molecule has 1 atom stereocenters. The molecule has 1 aliphatic heterocycles. The van der Waals surface area contributed by atoms with Crippen molar-refractivity contribution >= 4 is 5.69 Å². The van der Waals surface area contributed by atoms with Gasteiger partial charge in [0.1, 0.15) is 5.69 Å². The van der Waals surface area contributed by atoms with E-state index in [1.807, 2.05) is 32.2 Å². The van der Waals surface area contributed by atoms with Gasteiger partial charge in [-0.1, -0.05) is 0 Å². The maximum Gasteiger partial charge on any atom is 0.273 e. The van der Waals surface area contributed by atoms with Gasteiger partial charge < -0.3 is 14.6 Å². The van der Waals surface area contributed by atoms with E-state index in [9.17, 15) is 4.79 Å². The Morgan fingerprint density at radius 1 is 1.50 bits per heavy atom. The highest BCUT2D eigenvalue weighted by atomic mass is 16.5. The highest BCUT2D eigenvalue weighted by molar-refractivity contribution is 5.40. The number of ether oxygens (including phenoxy) is 1. The van der Waals surface area contributed by atoms with Gasteiger partial charge in [-0.25, -0.2) is 0 Å². The molecule has 2 heterocycles. The van der Waals surface area contributed by atoms with E-state index in [2.05, 4.69) is 5.32 Å². The molecule has 0 aliphatic carbocycles. The lowest BCUT2D eigenvalue weighted by atomic mass is 10.1. The standard InChI is InChI=1S/C14H22N2O2/c1-11(2)15-13-7-5-8-16(14(13)17)10-12-6-3-4-9-18-12/h5,7-8,11-12,15H,3-4,6,9-10H2,1-2H3/t12-/m1/s1. The van der Waals surface area contributed by atoms with Crippen LogP contribution in [0.5, 0.6) is 0 Å². The Kier molecular flexibility index (Phi) is 4.42. The van der Waals surface area contributed by atoms with E-state index < -0.39 is 0 Å². The first-order chi connectivity index (χ1) is 8.66. The van der Waals surface area contributed by atoms with Crippen LogP contribution >= 0.6 is 0 Å². The largest absolute Gasteiger partial charge is 0.378 e. The fraction of sp³-hybridized carbons (Fsp3) is 0.643. The molecule has 1 fully saturated rings. The number of rotatable bonds is 4. The summed E-state index contributed by atoms with van der Waals surface area (Å²) in [5.74, 6) is 0. The lowest BCUT2D eigenvalue weighted by molar-refractivity contribution is 0.00546. The van der Waals surface area contributed by atoms with Gasteiger partial charge in [-0.3, -0.25) is 4.79 Å². The summed E-state index contributed by atoms with van der Waals surface area (Å²) in [5, 5.41) is 3.18. The molecule has 0 bridgehead atoms. The molecule has 0 saturated carbocycles. The molecule has 1 saturated heterocycles. The number of hydrogen-bond acceptors (Lipinski definition) is 3. The van der Waals surface area contributed by atoms with Gasteiger partial charge in [-0.2, -0.15) is 0 Å². The molecule has 0 unspecified atom stereocenters. The van der Waals surface area contributed by atoms with E-state index in [-0.39, 0.29) is 17.7 Å². The Morgan fingerprint density at radius 3 is 3.00 bits per heavy atom. The van der Waals surface area contributed by atoms with Crippen molar-refractivity contribution in [3.05, 3.63) is 28.7 Å². The number of hydrogen-bond donors (Lipinski definition) is 1. The number of aromatic nitrogens is 1. The number of nitrogens with one attached hydrogen (secondary N) is 1. The second-order valence-corrected chi connectivity index (χ2v) is 5.17. The molecule has 1 aliphatic rings. The zero-order valence-corrected chi connectivity index (χ0v) is 11.2. The second kappa shape index (κ2) is 6.05. The Balaban J connectivity index is 2.10. The highest BCUT2D eigenvalue weighted by Gasteiger charge is 2.15. The van der Waals surface area contributed by atoms with Crippen LogP contribution < -0.4 is 10.9 Å². The molecule has 2 rings (SSSR count). The molecular weight excluding hydrogens is 228 g/mol. The third-order valence-corrected chi connectivity index (χ3v) is 3.14. The molecule has 100 valence electrons. The quantitative estimate of drug-likeness (QED) is 0.891. The summed E-state index contributed by atoms with van der Waals surface area (Å²) in [7, 11) is 0. The van der Waals surface area contributed by atoms with Gasteiger partial charge in [0, 0.05) is 18.8 Å². The maximum atomic E-state index is 12.2. The maximum absolute atomic E-state index is 12.2. The minimum Gasteiger partial charge on any atom is -0.378 e. The summed E-state index contributed by atoms with van der Waals surface area (Å²) in [6.45, 7) is 5.54. The van der Waals surface area contributed by atoms with Crippen molar-refractivity contribution in [3.63, 3.8) is 0 Å². The van der Waals surface area contributed by atoms with Crippen molar-refractivity contribution in [2.45, 2.75) is 51.8 Å². The summed E-state index contributed by atoms with van der Waals surface area (Å²) in [6, 6.07) is 4.01. The lowest BCUT2D eigenvalue weighted by Gasteiger charge is -2.23. The Labute approximate surface area is 108 Å². The van der Waals surface area contributed by atoms with Crippen molar-refractivity contribution in [2.75, 3.05) is 11.9 Å². The monoisotopic (exact) mass is 250 g/mol. The van der Waals surface area contributed by atoms with E-state index in [0.29, 0.717) is 12.2 Å². The first-order valence-electron chi connectivity index (χ1n) is 6.74. The summed E-state index contributed by atoms with van der Waals surface area (Å²) in [4.78, 5) is 12.2. The number of anilines is 1. The van der Waals surface area contributed by atoms with Gasteiger partial charge in [-0.05, 0) is 45.2 Å². The topological polar surface area (TPSA) is 43.3 Å². The van der Waals surface area contributed by atoms with Gasteiger partial charge >= 0.3 is 0 Å². The van der Waals surface area contributed by atoms with Gasteiger partial charge in [-0.15, -0.1) is 0 Å². The molecule has 0 radical (unpaired) electrons. The van der Waals surface area contributed by atoms with E-state index >= 15 is 0 Å².